The quantitative estimate of drug-likeness (QED) is 0.309. The minimum atomic E-state index is -0.925. The third-order valence-corrected chi connectivity index (χ3v) is 6.64. The van der Waals surface area contributed by atoms with E-state index < -0.39 is 12.0 Å². The number of anilines is 1. The van der Waals surface area contributed by atoms with Crippen LogP contribution in [0.1, 0.15) is 18.1 Å². The first-order chi connectivity index (χ1) is 15.6. The highest BCUT2D eigenvalue weighted by Gasteiger charge is 2.22. The number of carboxylic acid groups (broad SMARTS) is 1. The van der Waals surface area contributed by atoms with Crippen LogP contribution >= 0.6 is 11.3 Å². The van der Waals surface area contributed by atoms with Crippen molar-refractivity contribution >= 4 is 44.2 Å². The molecule has 0 saturated heterocycles. The number of aromatic nitrogens is 3. The lowest BCUT2D eigenvalue weighted by Crippen LogP contribution is -2.32. The molecular formula is C25H22N4O2S. The SMILES string of the molecule is CCc1ccc(-c2csc3ncnc(NC(Cc4c[nH]c5ccccc45)C(=O)O)c23)cc1. The summed E-state index contributed by atoms with van der Waals surface area (Å²) < 4.78 is 0. The van der Waals surface area contributed by atoms with Gasteiger partial charge in [0.1, 0.15) is 23.0 Å². The molecule has 0 aliphatic heterocycles. The summed E-state index contributed by atoms with van der Waals surface area (Å²) in [6.45, 7) is 2.13. The lowest BCUT2D eigenvalue weighted by atomic mass is 10.0. The summed E-state index contributed by atoms with van der Waals surface area (Å²) in [6.07, 6.45) is 4.67. The van der Waals surface area contributed by atoms with Crippen LogP contribution in [0, 0.1) is 0 Å². The van der Waals surface area contributed by atoms with Crippen molar-refractivity contribution in [2.24, 2.45) is 0 Å². The molecule has 32 heavy (non-hydrogen) atoms. The van der Waals surface area contributed by atoms with Crippen LogP contribution < -0.4 is 5.32 Å². The molecule has 1 atom stereocenters. The number of carbonyl (C=O) groups is 1. The van der Waals surface area contributed by atoms with Gasteiger partial charge in [0.2, 0.25) is 0 Å². The van der Waals surface area contributed by atoms with Gasteiger partial charge in [-0.3, -0.25) is 0 Å². The first kappa shape index (κ1) is 20.2. The summed E-state index contributed by atoms with van der Waals surface area (Å²) in [6, 6.07) is 15.5. The molecule has 3 N–H and O–H groups in total. The molecule has 3 heterocycles. The largest absolute Gasteiger partial charge is 0.480 e. The molecule has 0 saturated carbocycles. The number of nitrogens with zero attached hydrogens (tertiary/aromatic N) is 2. The Morgan fingerprint density at radius 1 is 1.16 bits per heavy atom. The minimum Gasteiger partial charge on any atom is -0.480 e. The standard InChI is InChI=1S/C25H22N4O2S/c1-2-15-7-9-16(10-8-15)19-13-32-24-22(19)23(27-14-28-24)29-21(25(30)31)11-17-12-26-20-6-4-3-5-18(17)20/h3-10,12-14,21,26H,2,11H2,1H3,(H,30,31)(H,27,28,29). The summed E-state index contributed by atoms with van der Waals surface area (Å²) >= 11 is 1.53. The first-order valence-electron chi connectivity index (χ1n) is 10.5. The molecule has 6 nitrogen and oxygen atoms in total. The average Bonchev–Trinajstić information content (AvgIpc) is 3.44. The van der Waals surface area contributed by atoms with Crippen molar-refractivity contribution in [3.8, 4) is 11.1 Å². The van der Waals surface area contributed by atoms with E-state index in [0.29, 0.717) is 12.2 Å². The molecular weight excluding hydrogens is 420 g/mol. The van der Waals surface area contributed by atoms with E-state index in [9.17, 15) is 9.90 Å². The Kier molecular flexibility index (Phi) is 5.33. The van der Waals surface area contributed by atoms with Crippen molar-refractivity contribution in [3.63, 3.8) is 0 Å². The van der Waals surface area contributed by atoms with Gasteiger partial charge in [0.15, 0.2) is 0 Å². The number of aromatic amines is 1. The van der Waals surface area contributed by atoms with E-state index >= 15 is 0 Å². The molecule has 3 aromatic heterocycles. The molecule has 5 rings (SSSR count). The maximum Gasteiger partial charge on any atom is 0.326 e. The predicted molar refractivity (Wildman–Crippen MR) is 129 cm³/mol. The average molecular weight is 443 g/mol. The van der Waals surface area contributed by atoms with Crippen molar-refractivity contribution in [2.45, 2.75) is 25.8 Å². The van der Waals surface area contributed by atoms with Gasteiger partial charge in [0.25, 0.3) is 0 Å². The molecule has 5 aromatic rings. The molecule has 7 heteroatoms. The van der Waals surface area contributed by atoms with Crippen LogP contribution in [-0.2, 0) is 17.6 Å². The molecule has 1 unspecified atom stereocenters. The number of aliphatic carboxylic acids is 1. The Morgan fingerprint density at radius 2 is 1.97 bits per heavy atom. The molecule has 0 spiro atoms. The van der Waals surface area contributed by atoms with Crippen molar-refractivity contribution in [1.29, 1.82) is 0 Å². The number of para-hydroxylation sites is 1. The molecule has 160 valence electrons. The molecule has 0 aliphatic carbocycles. The number of hydrogen-bond acceptors (Lipinski definition) is 5. The first-order valence-corrected chi connectivity index (χ1v) is 11.4. The second-order valence-corrected chi connectivity index (χ2v) is 8.56. The number of thiophene rings is 1. The third-order valence-electron chi connectivity index (χ3n) is 5.75. The third kappa shape index (κ3) is 3.71. The second-order valence-electron chi connectivity index (χ2n) is 7.70. The molecule has 2 aromatic carbocycles. The number of rotatable bonds is 7. The number of fused-ring (bicyclic) bond motifs is 2. The zero-order valence-corrected chi connectivity index (χ0v) is 18.3. The Morgan fingerprint density at radius 3 is 2.75 bits per heavy atom. The zero-order valence-electron chi connectivity index (χ0n) is 17.5. The van der Waals surface area contributed by atoms with Crippen LogP contribution in [0.5, 0.6) is 0 Å². The van der Waals surface area contributed by atoms with Crippen LogP contribution in [0.15, 0.2) is 66.4 Å². The maximum absolute atomic E-state index is 12.2. The van der Waals surface area contributed by atoms with Crippen molar-refractivity contribution < 1.29 is 9.90 Å². The van der Waals surface area contributed by atoms with E-state index in [1.54, 1.807) is 0 Å². The van der Waals surface area contributed by atoms with Crippen LogP contribution in [0.4, 0.5) is 5.82 Å². The van der Waals surface area contributed by atoms with E-state index in [1.807, 2.05) is 30.5 Å². The van der Waals surface area contributed by atoms with Gasteiger partial charge in [-0.25, -0.2) is 14.8 Å². The fourth-order valence-electron chi connectivity index (χ4n) is 4.00. The van der Waals surface area contributed by atoms with Crippen molar-refractivity contribution in [1.82, 2.24) is 15.0 Å². The van der Waals surface area contributed by atoms with Crippen molar-refractivity contribution in [3.05, 3.63) is 77.6 Å². The number of carboxylic acids is 1. The summed E-state index contributed by atoms with van der Waals surface area (Å²) in [5.74, 6) is -0.385. The Balaban J connectivity index is 1.51. The van der Waals surface area contributed by atoms with Crippen LogP contribution in [-0.4, -0.2) is 32.1 Å². The highest BCUT2D eigenvalue weighted by Crippen LogP contribution is 2.37. The molecule has 0 aliphatic rings. The number of aryl methyl sites for hydroxylation is 1. The summed E-state index contributed by atoms with van der Waals surface area (Å²) in [5.41, 5.74) is 5.28. The second kappa shape index (κ2) is 8.43. The smallest absolute Gasteiger partial charge is 0.326 e. The summed E-state index contributed by atoms with van der Waals surface area (Å²) in [7, 11) is 0. The minimum absolute atomic E-state index is 0.329. The van der Waals surface area contributed by atoms with E-state index in [1.165, 1.54) is 23.2 Å². The van der Waals surface area contributed by atoms with Gasteiger partial charge in [0, 0.05) is 34.5 Å². The monoisotopic (exact) mass is 442 g/mol. The van der Waals surface area contributed by atoms with E-state index in [-0.39, 0.29) is 0 Å². The van der Waals surface area contributed by atoms with E-state index in [0.717, 1.165) is 44.2 Å². The van der Waals surface area contributed by atoms with Gasteiger partial charge in [-0.2, -0.15) is 0 Å². The van der Waals surface area contributed by atoms with E-state index in [4.69, 9.17) is 0 Å². The Labute approximate surface area is 189 Å². The van der Waals surface area contributed by atoms with Gasteiger partial charge >= 0.3 is 5.97 Å². The van der Waals surface area contributed by atoms with Gasteiger partial charge in [-0.1, -0.05) is 49.4 Å². The van der Waals surface area contributed by atoms with Gasteiger partial charge in [0.05, 0.1) is 5.39 Å². The molecule has 0 fully saturated rings. The normalized spacial score (nSPS) is 12.3. The molecule has 0 amide bonds. The lowest BCUT2D eigenvalue weighted by Gasteiger charge is -2.16. The number of hydrogen-bond donors (Lipinski definition) is 3. The van der Waals surface area contributed by atoms with Gasteiger partial charge in [-0.15, -0.1) is 11.3 Å². The number of nitrogens with one attached hydrogen (secondary N) is 2. The van der Waals surface area contributed by atoms with Crippen LogP contribution in [0.2, 0.25) is 0 Å². The molecule has 0 radical (unpaired) electrons. The topological polar surface area (TPSA) is 90.9 Å². The van der Waals surface area contributed by atoms with E-state index in [2.05, 4.69) is 56.8 Å². The summed E-state index contributed by atoms with van der Waals surface area (Å²) in [4.78, 5) is 25.0. The fourth-order valence-corrected chi connectivity index (χ4v) is 4.92. The van der Waals surface area contributed by atoms with Crippen LogP contribution in [0.25, 0.3) is 32.2 Å². The Hall–Kier alpha value is -3.71. The summed E-state index contributed by atoms with van der Waals surface area (Å²) in [5, 5.41) is 17.1. The van der Waals surface area contributed by atoms with Gasteiger partial charge < -0.3 is 15.4 Å². The number of benzene rings is 2. The molecule has 0 bridgehead atoms. The predicted octanol–water partition coefficient (Wildman–Crippen LogP) is 5.51. The van der Waals surface area contributed by atoms with Gasteiger partial charge in [-0.05, 0) is 29.2 Å². The maximum atomic E-state index is 12.2. The lowest BCUT2D eigenvalue weighted by molar-refractivity contribution is -0.137. The number of H-pyrrole nitrogens is 1. The fraction of sp³-hybridized carbons (Fsp3) is 0.160. The highest BCUT2D eigenvalue weighted by molar-refractivity contribution is 7.17. The zero-order chi connectivity index (χ0) is 22.1. The Bertz CT molecular complexity index is 1400. The van der Waals surface area contributed by atoms with Crippen molar-refractivity contribution in [2.75, 3.05) is 5.32 Å². The highest BCUT2D eigenvalue weighted by atomic mass is 32.1. The van der Waals surface area contributed by atoms with Crippen LogP contribution in [0.3, 0.4) is 0 Å².